The van der Waals surface area contributed by atoms with Gasteiger partial charge in [0.25, 0.3) is 0 Å². The van der Waals surface area contributed by atoms with Crippen LogP contribution in [0.15, 0.2) is 23.2 Å². The first-order valence-corrected chi connectivity index (χ1v) is 7.98. The van der Waals surface area contributed by atoms with E-state index in [9.17, 15) is 22.4 Å². The van der Waals surface area contributed by atoms with Crippen LogP contribution in [0.3, 0.4) is 0 Å². The Morgan fingerprint density at radius 1 is 1.27 bits per heavy atom. The van der Waals surface area contributed by atoms with Gasteiger partial charge in [-0.25, -0.2) is 9.38 Å². The molecule has 2 rings (SSSR count). The number of hydrogen-bond acceptors (Lipinski definition) is 4. The highest BCUT2D eigenvalue weighted by Crippen LogP contribution is 2.47. The molecule has 0 saturated heterocycles. The van der Waals surface area contributed by atoms with Crippen molar-refractivity contribution in [3.8, 4) is 0 Å². The summed E-state index contributed by atoms with van der Waals surface area (Å²) >= 11 is 0. The molecule has 1 amide bonds. The smallest absolute Gasteiger partial charge is 0.374 e. The molecule has 0 bridgehead atoms. The standard InChI is InChI=1S/C17H22F4N4O/c1-9(17(19,20)21)23-10-6-7-12(18)11(8-10)16(4)15(2,3)13(26)25(5)14(22)24-16/h6-9,23H,1-5H3,(H2,22,24)/t9?,16-/m1/s1. The molecule has 1 aliphatic rings. The van der Waals surface area contributed by atoms with Crippen LogP contribution < -0.4 is 11.1 Å². The summed E-state index contributed by atoms with van der Waals surface area (Å²) in [5.41, 5.74) is 3.31. The third-order valence-electron chi connectivity index (χ3n) is 5.10. The third-order valence-corrected chi connectivity index (χ3v) is 5.10. The van der Waals surface area contributed by atoms with Crippen LogP contribution in [-0.2, 0) is 10.3 Å². The minimum absolute atomic E-state index is 0.00808. The highest BCUT2D eigenvalue weighted by atomic mass is 19.4. The lowest BCUT2D eigenvalue weighted by molar-refractivity contribution is -0.140. The summed E-state index contributed by atoms with van der Waals surface area (Å²) in [5.74, 6) is -1.13. The van der Waals surface area contributed by atoms with Gasteiger partial charge in [-0.05, 0) is 45.9 Å². The van der Waals surface area contributed by atoms with Gasteiger partial charge in [0.15, 0.2) is 5.96 Å². The largest absolute Gasteiger partial charge is 0.408 e. The van der Waals surface area contributed by atoms with E-state index in [1.807, 2.05) is 0 Å². The molecule has 0 saturated carbocycles. The van der Waals surface area contributed by atoms with Crippen LogP contribution in [0.25, 0.3) is 0 Å². The van der Waals surface area contributed by atoms with Gasteiger partial charge >= 0.3 is 6.18 Å². The molecule has 1 aromatic carbocycles. The molecule has 9 heteroatoms. The number of nitrogens with one attached hydrogen (secondary N) is 1. The summed E-state index contributed by atoms with van der Waals surface area (Å²) in [4.78, 5) is 18.1. The fourth-order valence-electron chi connectivity index (χ4n) is 2.89. The van der Waals surface area contributed by atoms with Crippen molar-refractivity contribution in [3.05, 3.63) is 29.6 Å². The van der Waals surface area contributed by atoms with Crippen LogP contribution >= 0.6 is 0 Å². The Balaban J connectivity index is 2.57. The fourth-order valence-corrected chi connectivity index (χ4v) is 2.89. The van der Waals surface area contributed by atoms with Gasteiger partial charge < -0.3 is 11.1 Å². The number of carbonyl (C=O) groups excluding carboxylic acids is 1. The minimum atomic E-state index is -4.45. The molecule has 1 aromatic rings. The van der Waals surface area contributed by atoms with Gasteiger partial charge in [0.2, 0.25) is 5.91 Å². The first kappa shape index (κ1) is 20.0. The number of anilines is 1. The van der Waals surface area contributed by atoms with Gasteiger partial charge in [-0.1, -0.05) is 0 Å². The van der Waals surface area contributed by atoms with E-state index in [4.69, 9.17) is 5.73 Å². The van der Waals surface area contributed by atoms with Gasteiger partial charge in [0, 0.05) is 18.3 Å². The second-order valence-electron chi connectivity index (χ2n) is 7.13. The van der Waals surface area contributed by atoms with E-state index in [0.29, 0.717) is 0 Å². The highest BCUT2D eigenvalue weighted by Gasteiger charge is 2.53. The van der Waals surface area contributed by atoms with Crippen LogP contribution in [0.2, 0.25) is 0 Å². The molecule has 2 atom stereocenters. The third kappa shape index (κ3) is 3.10. The second kappa shape index (κ2) is 6.14. The van der Waals surface area contributed by atoms with Gasteiger partial charge in [-0.3, -0.25) is 9.69 Å². The first-order valence-electron chi connectivity index (χ1n) is 7.98. The summed E-state index contributed by atoms with van der Waals surface area (Å²) in [5, 5.41) is 2.30. The lowest BCUT2D eigenvalue weighted by atomic mass is 9.67. The lowest BCUT2D eigenvalue weighted by Gasteiger charge is -2.46. The van der Waals surface area contributed by atoms with Crippen molar-refractivity contribution >= 4 is 17.6 Å². The number of hydrogen-bond donors (Lipinski definition) is 2. The lowest BCUT2D eigenvalue weighted by Crippen LogP contribution is -2.58. The second-order valence-corrected chi connectivity index (χ2v) is 7.13. The molecule has 0 radical (unpaired) electrons. The van der Waals surface area contributed by atoms with Crippen molar-refractivity contribution in [3.63, 3.8) is 0 Å². The summed E-state index contributed by atoms with van der Waals surface area (Å²) in [7, 11) is 1.46. The van der Waals surface area contributed by atoms with Gasteiger partial charge in [0.1, 0.15) is 17.4 Å². The number of benzene rings is 1. The van der Waals surface area contributed by atoms with Crippen LogP contribution in [-0.4, -0.2) is 36.0 Å². The quantitative estimate of drug-likeness (QED) is 0.798. The molecule has 0 aromatic heterocycles. The number of nitrogens with two attached hydrogens (primary N) is 1. The Labute approximate surface area is 149 Å². The van der Waals surface area contributed by atoms with Crippen LogP contribution in [0.1, 0.15) is 33.3 Å². The minimum Gasteiger partial charge on any atom is -0.374 e. The summed E-state index contributed by atoms with van der Waals surface area (Å²) in [6.45, 7) is 5.70. The van der Waals surface area contributed by atoms with E-state index in [1.165, 1.54) is 24.1 Å². The summed E-state index contributed by atoms with van der Waals surface area (Å²) in [6.07, 6.45) is -4.45. The summed E-state index contributed by atoms with van der Waals surface area (Å²) in [6, 6.07) is 1.68. The average Bonchev–Trinajstić information content (AvgIpc) is 2.52. The topological polar surface area (TPSA) is 70.7 Å². The maximum atomic E-state index is 14.6. The van der Waals surface area contributed by atoms with Gasteiger partial charge in [-0.2, -0.15) is 13.2 Å². The Bertz CT molecular complexity index is 760. The molecule has 144 valence electrons. The van der Waals surface area contributed by atoms with Crippen LogP contribution in [0.5, 0.6) is 0 Å². The number of amides is 1. The van der Waals surface area contributed by atoms with Gasteiger partial charge in [-0.15, -0.1) is 0 Å². The molecule has 1 heterocycles. The maximum absolute atomic E-state index is 14.6. The zero-order valence-electron chi connectivity index (χ0n) is 15.2. The molecule has 3 N–H and O–H groups in total. The average molecular weight is 374 g/mol. The van der Waals surface area contributed by atoms with Crippen LogP contribution in [0, 0.1) is 11.2 Å². The van der Waals surface area contributed by atoms with Crippen LogP contribution in [0.4, 0.5) is 23.2 Å². The molecule has 0 aliphatic carbocycles. The van der Waals surface area contributed by atoms with Crippen molar-refractivity contribution in [2.45, 2.75) is 45.5 Å². The number of guanidine groups is 1. The maximum Gasteiger partial charge on any atom is 0.408 e. The zero-order chi connectivity index (χ0) is 20.1. The Morgan fingerprint density at radius 3 is 2.38 bits per heavy atom. The summed E-state index contributed by atoms with van der Waals surface area (Å²) < 4.78 is 52.9. The number of carbonyl (C=O) groups is 1. The van der Waals surface area contributed by atoms with E-state index in [-0.39, 0.29) is 23.1 Å². The monoisotopic (exact) mass is 374 g/mol. The van der Waals surface area contributed by atoms with E-state index < -0.39 is 29.0 Å². The van der Waals surface area contributed by atoms with E-state index in [1.54, 1.807) is 20.8 Å². The molecular formula is C17H22F4N4O. The Hall–Kier alpha value is -2.32. The van der Waals surface area contributed by atoms with Crippen molar-refractivity contribution in [1.82, 2.24) is 4.90 Å². The number of nitrogens with zero attached hydrogens (tertiary/aromatic N) is 2. The molecule has 26 heavy (non-hydrogen) atoms. The van der Waals surface area contributed by atoms with Crippen molar-refractivity contribution in [2.24, 2.45) is 16.1 Å². The fraction of sp³-hybridized carbons (Fsp3) is 0.529. The molecule has 1 aliphatic heterocycles. The molecular weight excluding hydrogens is 352 g/mol. The predicted octanol–water partition coefficient (Wildman–Crippen LogP) is 3.22. The zero-order valence-corrected chi connectivity index (χ0v) is 15.2. The van der Waals surface area contributed by atoms with Gasteiger partial charge in [0.05, 0.1) is 5.41 Å². The van der Waals surface area contributed by atoms with E-state index in [2.05, 4.69) is 10.3 Å². The van der Waals surface area contributed by atoms with Crippen molar-refractivity contribution in [2.75, 3.05) is 12.4 Å². The van der Waals surface area contributed by atoms with Crippen molar-refractivity contribution in [1.29, 1.82) is 0 Å². The first-order chi connectivity index (χ1) is 11.7. The van der Waals surface area contributed by atoms with E-state index >= 15 is 0 Å². The SMILES string of the molecule is CC(Nc1ccc(F)c([C@@]2(C)N=C(N)N(C)C(=O)C2(C)C)c1)C(F)(F)F. The highest BCUT2D eigenvalue weighted by molar-refractivity contribution is 6.01. The van der Waals surface area contributed by atoms with E-state index in [0.717, 1.165) is 13.0 Å². The molecule has 5 nitrogen and oxygen atoms in total. The normalized spacial score (nSPS) is 24.3. The molecule has 1 unspecified atom stereocenters. The number of rotatable bonds is 3. The molecule has 0 spiro atoms. The predicted molar refractivity (Wildman–Crippen MR) is 91.1 cm³/mol. The number of aliphatic imine (C=N–C) groups is 1. The van der Waals surface area contributed by atoms with Crippen molar-refractivity contribution < 1.29 is 22.4 Å². The Morgan fingerprint density at radius 2 is 1.85 bits per heavy atom. The number of alkyl halides is 3. The Kier molecular flexibility index (Phi) is 4.72. The molecule has 0 fully saturated rings. The number of halogens is 4.